The van der Waals surface area contributed by atoms with Crippen molar-refractivity contribution in [2.24, 2.45) is 0 Å². The molecule has 1 aromatic carbocycles. The van der Waals surface area contributed by atoms with Gasteiger partial charge in [-0.2, -0.15) is 0 Å². The summed E-state index contributed by atoms with van der Waals surface area (Å²) in [5.74, 6) is -0.822. The van der Waals surface area contributed by atoms with Crippen molar-refractivity contribution in [3.05, 3.63) is 29.8 Å². The predicted molar refractivity (Wildman–Crippen MR) is 87.5 cm³/mol. The first kappa shape index (κ1) is 17.3. The lowest BCUT2D eigenvalue weighted by atomic mass is 9.93. The molecule has 1 aliphatic rings. The zero-order valence-electron chi connectivity index (χ0n) is 13.8. The highest BCUT2D eigenvalue weighted by Gasteiger charge is 2.27. The topological polar surface area (TPSA) is 87.7 Å². The van der Waals surface area contributed by atoms with Gasteiger partial charge in [0, 0.05) is 11.7 Å². The highest BCUT2D eigenvalue weighted by Crippen LogP contribution is 2.27. The van der Waals surface area contributed by atoms with Crippen LogP contribution in [-0.4, -0.2) is 28.8 Å². The normalized spacial score (nSPS) is 21.5. The number of carboxylic acids is 1. The molecule has 1 saturated heterocycles. The van der Waals surface area contributed by atoms with Gasteiger partial charge in [0.15, 0.2) is 0 Å². The summed E-state index contributed by atoms with van der Waals surface area (Å²) in [6.07, 6.45) is 1.87. The summed E-state index contributed by atoms with van der Waals surface area (Å²) in [6, 6.07) is 6.87. The van der Waals surface area contributed by atoms with Gasteiger partial charge < -0.3 is 9.84 Å². The summed E-state index contributed by atoms with van der Waals surface area (Å²) in [7, 11) is 0. The molecule has 1 aromatic rings. The zero-order chi connectivity index (χ0) is 17.0. The molecule has 1 aliphatic heterocycles. The molecule has 0 aromatic heterocycles. The van der Waals surface area contributed by atoms with E-state index in [1.165, 1.54) is 0 Å². The molecular formula is C17H24N2O4. The number of anilines is 1. The monoisotopic (exact) mass is 320 g/mol. The maximum Gasteiger partial charge on any atom is 0.412 e. The van der Waals surface area contributed by atoms with Crippen LogP contribution in [0.4, 0.5) is 10.5 Å². The van der Waals surface area contributed by atoms with Crippen LogP contribution in [0.3, 0.4) is 0 Å². The van der Waals surface area contributed by atoms with Crippen LogP contribution in [0.15, 0.2) is 24.3 Å². The van der Waals surface area contributed by atoms with E-state index >= 15 is 0 Å². The molecule has 0 aliphatic carbocycles. The van der Waals surface area contributed by atoms with E-state index in [2.05, 4.69) is 10.6 Å². The minimum absolute atomic E-state index is 0.0229. The van der Waals surface area contributed by atoms with Gasteiger partial charge in [0.25, 0.3) is 0 Å². The van der Waals surface area contributed by atoms with E-state index in [1.54, 1.807) is 26.8 Å². The number of hydrogen-bond donors (Lipinski definition) is 3. The van der Waals surface area contributed by atoms with Crippen LogP contribution in [-0.2, 0) is 9.53 Å². The van der Waals surface area contributed by atoms with Crippen LogP contribution < -0.4 is 10.6 Å². The molecular weight excluding hydrogens is 296 g/mol. The number of aliphatic carboxylic acids is 1. The maximum atomic E-state index is 11.8. The second-order valence-electron chi connectivity index (χ2n) is 6.79. The van der Waals surface area contributed by atoms with Crippen LogP contribution in [0.2, 0.25) is 0 Å². The van der Waals surface area contributed by atoms with Gasteiger partial charge in [-0.3, -0.25) is 15.4 Å². The van der Waals surface area contributed by atoms with Gasteiger partial charge >= 0.3 is 12.1 Å². The molecule has 0 radical (unpaired) electrons. The standard InChI is InChI=1S/C17H24N2O4/c1-17(2,3)23-16(22)18-12-7-4-6-11(10-12)13-8-5-9-14(19-13)15(20)21/h4,6-7,10,13-14,19H,5,8-9H2,1-3H3,(H,18,22)(H,20,21). The molecule has 6 nitrogen and oxygen atoms in total. The molecule has 0 bridgehead atoms. The molecule has 6 heteroatoms. The minimum atomic E-state index is -0.822. The van der Waals surface area contributed by atoms with E-state index in [1.807, 2.05) is 18.2 Å². The van der Waals surface area contributed by atoms with Gasteiger partial charge in [-0.05, 0) is 57.7 Å². The third-order valence-corrected chi connectivity index (χ3v) is 3.62. The smallest absolute Gasteiger partial charge is 0.412 e. The van der Waals surface area contributed by atoms with E-state index in [9.17, 15) is 9.59 Å². The van der Waals surface area contributed by atoms with Crippen molar-refractivity contribution in [2.45, 2.75) is 57.7 Å². The largest absolute Gasteiger partial charge is 0.480 e. The Morgan fingerprint density at radius 2 is 2.04 bits per heavy atom. The lowest BCUT2D eigenvalue weighted by Gasteiger charge is -2.29. The summed E-state index contributed by atoms with van der Waals surface area (Å²) in [4.78, 5) is 23.0. The number of carboxylic acid groups (broad SMARTS) is 1. The highest BCUT2D eigenvalue weighted by molar-refractivity contribution is 5.85. The Balaban J connectivity index is 2.04. The van der Waals surface area contributed by atoms with E-state index in [0.717, 1.165) is 18.4 Å². The number of benzene rings is 1. The number of ether oxygens (including phenoxy) is 1. The van der Waals surface area contributed by atoms with Gasteiger partial charge in [0.05, 0.1) is 0 Å². The van der Waals surface area contributed by atoms with E-state index < -0.39 is 23.7 Å². The lowest BCUT2D eigenvalue weighted by molar-refractivity contribution is -0.140. The molecule has 2 unspecified atom stereocenters. The maximum absolute atomic E-state index is 11.8. The highest BCUT2D eigenvalue weighted by atomic mass is 16.6. The second-order valence-corrected chi connectivity index (χ2v) is 6.79. The zero-order valence-corrected chi connectivity index (χ0v) is 13.8. The van der Waals surface area contributed by atoms with Crippen LogP contribution in [0, 0.1) is 0 Å². The number of hydrogen-bond acceptors (Lipinski definition) is 4. The third-order valence-electron chi connectivity index (χ3n) is 3.62. The van der Waals surface area contributed by atoms with Crippen molar-refractivity contribution in [1.82, 2.24) is 5.32 Å². The molecule has 2 atom stereocenters. The molecule has 0 saturated carbocycles. The van der Waals surface area contributed by atoms with Crippen molar-refractivity contribution < 1.29 is 19.4 Å². The first-order chi connectivity index (χ1) is 10.7. The molecule has 126 valence electrons. The summed E-state index contributed by atoms with van der Waals surface area (Å²) < 4.78 is 5.23. The molecule has 1 amide bonds. The van der Waals surface area contributed by atoms with Crippen molar-refractivity contribution in [1.29, 1.82) is 0 Å². The fourth-order valence-corrected chi connectivity index (χ4v) is 2.65. The summed E-state index contributed by atoms with van der Waals surface area (Å²) >= 11 is 0. The summed E-state index contributed by atoms with van der Waals surface area (Å²) in [5, 5.41) is 15.0. The summed E-state index contributed by atoms with van der Waals surface area (Å²) in [5.41, 5.74) is 1.04. The van der Waals surface area contributed by atoms with Crippen molar-refractivity contribution in [2.75, 3.05) is 5.32 Å². The fourth-order valence-electron chi connectivity index (χ4n) is 2.65. The Morgan fingerprint density at radius 3 is 2.70 bits per heavy atom. The quantitative estimate of drug-likeness (QED) is 0.795. The van der Waals surface area contributed by atoms with E-state index in [-0.39, 0.29) is 6.04 Å². The molecule has 0 spiro atoms. The van der Waals surface area contributed by atoms with Crippen molar-refractivity contribution >= 4 is 17.7 Å². The number of amides is 1. The van der Waals surface area contributed by atoms with Gasteiger partial charge in [0.1, 0.15) is 11.6 Å². The number of carbonyl (C=O) groups is 2. The van der Waals surface area contributed by atoms with E-state index in [4.69, 9.17) is 9.84 Å². The Kier molecular flexibility index (Phi) is 5.26. The average molecular weight is 320 g/mol. The minimum Gasteiger partial charge on any atom is -0.480 e. The lowest BCUT2D eigenvalue weighted by Crippen LogP contribution is -2.42. The summed E-state index contributed by atoms with van der Waals surface area (Å²) in [6.45, 7) is 5.42. The first-order valence-corrected chi connectivity index (χ1v) is 7.83. The van der Waals surface area contributed by atoms with Crippen LogP contribution in [0.25, 0.3) is 0 Å². The Labute approximate surface area is 136 Å². The van der Waals surface area contributed by atoms with Crippen LogP contribution in [0.1, 0.15) is 51.6 Å². The Bertz CT molecular complexity index is 580. The Hall–Kier alpha value is -2.08. The number of nitrogens with one attached hydrogen (secondary N) is 2. The second kappa shape index (κ2) is 7.00. The molecule has 1 heterocycles. The predicted octanol–water partition coefficient (Wildman–Crippen LogP) is 3.30. The van der Waals surface area contributed by atoms with Crippen LogP contribution >= 0.6 is 0 Å². The van der Waals surface area contributed by atoms with Crippen molar-refractivity contribution in [3.8, 4) is 0 Å². The molecule has 3 N–H and O–H groups in total. The van der Waals surface area contributed by atoms with E-state index in [0.29, 0.717) is 12.1 Å². The Morgan fingerprint density at radius 1 is 1.30 bits per heavy atom. The number of piperidine rings is 1. The number of rotatable bonds is 3. The number of carbonyl (C=O) groups excluding carboxylic acids is 1. The molecule has 2 rings (SSSR count). The van der Waals surface area contributed by atoms with Gasteiger partial charge in [-0.25, -0.2) is 4.79 Å². The average Bonchev–Trinajstić information content (AvgIpc) is 2.45. The van der Waals surface area contributed by atoms with Gasteiger partial charge in [-0.1, -0.05) is 12.1 Å². The first-order valence-electron chi connectivity index (χ1n) is 7.83. The van der Waals surface area contributed by atoms with Gasteiger partial charge in [0.2, 0.25) is 0 Å². The molecule has 1 fully saturated rings. The third kappa shape index (κ3) is 5.25. The SMILES string of the molecule is CC(C)(C)OC(=O)Nc1cccc(C2CCCC(C(=O)O)N2)c1. The van der Waals surface area contributed by atoms with Gasteiger partial charge in [-0.15, -0.1) is 0 Å². The fraction of sp³-hybridized carbons (Fsp3) is 0.529. The molecule has 23 heavy (non-hydrogen) atoms. The van der Waals surface area contributed by atoms with Crippen molar-refractivity contribution in [3.63, 3.8) is 0 Å². The van der Waals surface area contributed by atoms with Crippen LogP contribution in [0.5, 0.6) is 0 Å².